The molecule has 148 valence electrons. The van der Waals surface area contributed by atoms with E-state index in [1.54, 1.807) is 0 Å². The van der Waals surface area contributed by atoms with Gasteiger partial charge in [0.25, 0.3) is 0 Å². The lowest BCUT2D eigenvalue weighted by atomic mass is 9.72. The second kappa shape index (κ2) is 7.60. The molecule has 0 atom stereocenters. The van der Waals surface area contributed by atoms with E-state index in [9.17, 15) is 0 Å². The molecule has 27 heavy (non-hydrogen) atoms. The molecule has 0 saturated carbocycles. The Labute approximate surface area is 167 Å². The van der Waals surface area contributed by atoms with E-state index in [0.29, 0.717) is 0 Å². The minimum absolute atomic E-state index is 0.0403. The van der Waals surface area contributed by atoms with Crippen molar-refractivity contribution in [3.8, 4) is 0 Å². The van der Waals surface area contributed by atoms with Gasteiger partial charge in [0.1, 0.15) is 0 Å². The van der Waals surface area contributed by atoms with Gasteiger partial charge in [0.05, 0.1) is 11.2 Å². The van der Waals surface area contributed by atoms with Crippen LogP contribution in [-0.2, 0) is 14.7 Å². The lowest BCUT2D eigenvalue weighted by Crippen LogP contribution is -2.41. The molecule has 0 N–H and O–H groups in total. The van der Waals surface area contributed by atoms with Crippen molar-refractivity contribution in [2.45, 2.75) is 92.3 Å². The summed E-state index contributed by atoms with van der Waals surface area (Å²) >= 11 is 0. The summed E-state index contributed by atoms with van der Waals surface area (Å²) < 4.78 is 12.7. The van der Waals surface area contributed by atoms with Gasteiger partial charge in [0.2, 0.25) is 0 Å². The highest BCUT2D eigenvalue weighted by Gasteiger charge is 2.53. The standard InChI is InChI=1S/C22H31BO2.C2H6/c1-9-12-15-16(10-2)20(3,4)17-13-11-14-18(19(15)17)23-24-21(5,6)22(7,8)25-23;1-2/h9,11-14H,10H2,1-8H3;1-2H3/b12-9-;. The SMILES string of the molecule is C/C=C\C1=C(CC)C(C)(C)c2cccc(B3OC(C)(C)C(C)(C)O3)c21.CC. The van der Waals surface area contributed by atoms with E-state index in [1.807, 2.05) is 13.8 Å². The van der Waals surface area contributed by atoms with Crippen LogP contribution < -0.4 is 5.46 Å². The maximum atomic E-state index is 6.37. The molecule has 2 nitrogen and oxygen atoms in total. The quantitative estimate of drug-likeness (QED) is 0.605. The van der Waals surface area contributed by atoms with Crippen LogP contribution in [0.15, 0.2) is 35.9 Å². The van der Waals surface area contributed by atoms with Crippen LogP contribution in [0.3, 0.4) is 0 Å². The Morgan fingerprint density at radius 1 is 0.963 bits per heavy atom. The first-order valence-corrected chi connectivity index (χ1v) is 10.4. The molecule has 2 aliphatic rings. The summed E-state index contributed by atoms with van der Waals surface area (Å²) in [6.45, 7) is 21.4. The largest absolute Gasteiger partial charge is 0.495 e. The Morgan fingerprint density at radius 3 is 2.00 bits per heavy atom. The lowest BCUT2D eigenvalue weighted by molar-refractivity contribution is 0.00578. The third-order valence-corrected chi connectivity index (χ3v) is 6.31. The monoisotopic (exact) mass is 368 g/mol. The van der Waals surface area contributed by atoms with Crippen molar-refractivity contribution in [3.63, 3.8) is 0 Å². The predicted octanol–water partition coefficient (Wildman–Crippen LogP) is 6.04. The average Bonchev–Trinajstić information content (AvgIpc) is 2.96. The number of hydrogen-bond donors (Lipinski definition) is 0. The van der Waals surface area contributed by atoms with Gasteiger partial charge in [-0.1, -0.05) is 70.5 Å². The summed E-state index contributed by atoms with van der Waals surface area (Å²) in [7, 11) is -0.327. The van der Waals surface area contributed by atoms with Crippen molar-refractivity contribution in [2.24, 2.45) is 0 Å². The fourth-order valence-electron chi connectivity index (χ4n) is 4.19. The zero-order valence-electron chi connectivity index (χ0n) is 19.0. The maximum absolute atomic E-state index is 6.37. The van der Waals surface area contributed by atoms with E-state index in [-0.39, 0.29) is 23.7 Å². The summed E-state index contributed by atoms with van der Waals surface area (Å²) in [5, 5.41) is 0. The molecule has 0 spiro atoms. The molecule has 1 fully saturated rings. The zero-order valence-corrected chi connectivity index (χ0v) is 19.0. The van der Waals surface area contributed by atoms with Crippen molar-refractivity contribution in [1.29, 1.82) is 0 Å². The first-order valence-electron chi connectivity index (χ1n) is 10.4. The van der Waals surface area contributed by atoms with Crippen LogP contribution in [0.4, 0.5) is 0 Å². The van der Waals surface area contributed by atoms with Crippen LogP contribution in [-0.4, -0.2) is 18.3 Å². The van der Waals surface area contributed by atoms with E-state index < -0.39 is 0 Å². The van der Waals surface area contributed by atoms with Gasteiger partial charge in [-0.25, -0.2) is 0 Å². The van der Waals surface area contributed by atoms with E-state index in [1.165, 1.54) is 22.3 Å². The van der Waals surface area contributed by atoms with Gasteiger partial charge >= 0.3 is 7.12 Å². The summed E-state index contributed by atoms with van der Waals surface area (Å²) in [6, 6.07) is 6.57. The highest BCUT2D eigenvalue weighted by atomic mass is 16.7. The Hall–Kier alpha value is -1.32. The van der Waals surface area contributed by atoms with Crippen molar-refractivity contribution >= 4 is 18.2 Å². The minimum atomic E-state index is -0.327. The molecule has 3 rings (SSSR count). The third kappa shape index (κ3) is 3.45. The van der Waals surface area contributed by atoms with Gasteiger partial charge in [0, 0.05) is 5.41 Å². The Morgan fingerprint density at radius 2 is 1.52 bits per heavy atom. The average molecular weight is 368 g/mol. The molecule has 1 aliphatic carbocycles. The Balaban J connectivity index is 0.00000126. The molecule has 1 aromatic carbocycles. The first kappa shape index (κ1) is 22.0. The molecular formula is C24H37BO2. The molecule has 1 heterocycles. The van der Waals surface area contributed by atoms with Crippen molar-refractivity contribution in [1.82, 2.24) is 0 Å². The van der Waals surface area contributed by atoms with Gasteiger partial charge < -0.3 is 9.31 Å². The van der Waals surface area contributed by atoms with Crippen LogP contribution in [0.5, 0.6) is 0 Å². The smallest absolute Gasteiger partial charge is 0.399 e. The first-order chi connectivity index (χ1) is 12.6. The van der Waals surface area contributed by atoms with Crippen LogP contribution in [0, 0.1) is 0 Å². The van der Waals surface area contributed by atoms with E-state index in [4.69, 9.17) is 9.31 Å². The van der Waals surface area contributed by atoms with Gasteiger partial charge in [-0.3, -0.25) is 0 Å². The molecule has 0 radical (unpaired) electrons. The van der Waals surface area contributed by atoms with Crippen molar-refractivity contribution < 1.29 is 9.31 Å². The summed E-state index contributed by atoms with van der Waals surface area (Å²) in [5.74, 6) is 0. The fraction of sp³-hybridized carbons (Fsp3) is 0.583. The predicted molar refractivity (Wildman–Crippen MR) is 119 cm³/mol. The molecule has 1 aromatic rings. The minimum Gasteiger partial charge on any atom is -0.399 e. The Kier molecular flexibility index (Phi) is 6.19. The van der Waals surface area contributed by atoms with Crippen LogP contribution >= 0.6 is 0 Å². The highest BCUT2D eigenvalue weighted by Crippen LogP contribution is 2.48. The van der Waals surface area contributed by atoms with Crippen LogP contribution in [0.1, 0.15) is 86.8 Å². The summed E-state index contributed by atoms with van der Waals surface area (Å²) in [4.78, 5) is 0. The van der Waals surface area contributed by atoms with Crippen molar-refractivity contribution in [3.05, 3.63) is 47.1 Å². The summed E-state index contributed by atoms with van der Waals surface area (Å²) in [5.41, 5.74) is 6.06. The molecular weight excluding hydrogens is 331 g/mol. The van der Waals surface area contributed by atoms with E-state index in [0.717, 1.165) is 11.9 Å². The third-order valence-electron chi connectivity index (χ3n) is 6.31. The molecule has 0 aromatic heterocycles. The van der Waals surface area contributed by atoms with Gasteiger partial charge in [-0.05, 0) is 63.2 Å². The number of rotatable bonds is 3. The molecule has 1 saturated heterocycles. The molecule has 0 amide bonds. The van der Waals surface area contributed by atoms with E-state index >= 15 is 0 Å². The highest BCUT2D eigenvalue weighted by molar-refractivity contribution is 6.63. The van der Waals surface area contributed by atoms with Gasteiger partial charge in [0.15, 0.2) is 0 Å². The van der Waals surface area contributed by atoms with Crippen molar-refractivity contribution in [2.75, 3.05) is 0 Å². The maximum Gasteiger partial charge on any atom is 0.495 e. The van der Waals surface area contributed by atoms with Crippen LogP contribution in [0.25, 0.3) is 5.57 Å². The normalized spacial score (nSPS) is 22.1. The second-order valence-electron chi connectivity index (χ2n) is 8.73. The molecule has 3 heteroatoms. The fourth-order valence-corrected chi connectivity index (χ4v) is 4.19. The second-order valence-corrected chi connectivity index (χ2v) is 8.73. The lowest BCUT2D eigenvalue weighted by Gasteiger charge is -2.32. The number of hydrogen-bond acceptors (Lipinski definition) is 2. The van der Waals surface area contributed by atoms with Crippen LogP contribution in [0.2, 0.25) is 0 Å². The van der Waals surface area contributed by atoms with Gasteiger partial charge in [-0.15, -0.1) is 0 Å². The number of allylic oxidation sites excluding steroid dienone is 4. The molecule has 0 bridgehead atoms. The number of fused-ring (bicyclic) bond motifs is 1. The van der Waals surface area contributed by atoms with Gasteiger partial charge in [-0.2, -0.15) is 0 Å². The number of benzene rings is 1. The Bertz CT molecular complexity index is 738. The van der Waals surface area contributed by atoms with E-state index in [2.05, 4.69) is 85.7 Å². The molecule has 1 aliphatic heterocycles. The summed E-state index contributed by atoms with van der Waals surface area (Å²) in [6.07, 6.45) is 5.43. The topological polar surface area (TPSA) is 18.5 Å². The molecule has 0 unspecified atom stereocenters. The zero-order chi connectivity index (χ0) is 20.6.